The molecule has 168 valence electrons. The summed E-state index contributed by atoms with van der Waals surface area (Å²) in [5, 5.41) is 2.97. The van der Waals surface area contributed by atoms with Crippen LogP contribution in [-0.4, -0.2) is 49.4 Å². The lowest BCUT2D eigenvalue weighted by Gasteiger charge is -2.10. The van der Waals surface area contributed by atoms with Gasteiger partial charge in [-0.05, 0) is 60.6 Å². The lowest BCUT2D eigenvalue weighted by molar-refractivity contribution is 0.0951. The Kier molecular flexibility index (Phi) is 5.79. The molecule has 0 aromatic heterocycles. The molecule has 5 rings (SSSR count). The summed E-state index contributed by atoms with van der Waals surface area (Å²) in [5.41, 5.74) is 9.55. The fourth-order valence-electron chi connectivity index (χ4n) is 4.28. The third kappa shape index (κ3) is 4.39. The molecule has 3 aromatic carbocycles. The number of nitrogens with zero attached hydrogens (tertiary/aromatic N) is 4. The van der Waals surface area contributed by atoms with Crippen LogP contribution < -0.4 is 5.32 Å². The van der Waals surface area contributed by atoms with E-state index in [0.29, 0.717) is 24.2 Å². The Bertz CT molecular complexity index is 1380. The number of likely N-dealkylation sites (N-methyl/N-ethyl adjacent to an activating group) is 1. The van der Waals surface area contributed by atoms with Crippen molar-refractivity contribution in [2.24, 2.45) is 9.98 Å². The van der Waals surface area contributed by atoms with E-state index in [2.05, 4.69) is 34.4 Å². The number of aliphatic imine (C=N–C) groups is 2. The molecule has 0 saturated heterocycles. The average Bonchev–Trinajstić information content (AvgIpc) is 3.47. The van der Waals surface area contributed by atoms with Crippen molar-refractivity contribution in [1.29, 1.82) is 0 Å². The summed E-state index contributed by atoms with van der Waals surface area (Å²) in [6.45, 7) is 8.63. The van der Waals surface area contributed by atoms with Gasteiger partial charge in [0.2, 0.25) is 0 Å². The van der Waals surface area contributed by atoms with Crippen LogP contribution in [0.2, 0.25) is 0 Å². The van der Waals surface area contributed by atoms with Gasteiger partial charge in [0.05, 0.1) is 29.4 Å². The van der Waals surface area contributed by atoms with E-state index in [1.165, 1.54) is 0 Å². The zero-order chi connectivity index (χ0) is 23.7. The van der Waals surface area contributed by atoms with Crippen molar-refractivity contribution in [2.75, 3.05) is 27.2 Å². The van der Waals surface area contributed by atoms with E-state index in [0.717, 1.165) is 58.0 Å². The molecule has 3 aromatic rings. The average molecular weight is 448 g/mol. The molecular formula is C28H25N5O. The van der Waals surface area contributed by atoms with E-state index in [-0.39, 0.29) is 5.91 Å². The van der Waals surface area contributed by atoms with Gasteiger partial charge in [-0.15, -0.1) is 0 Å². The molecule has 2 aliphatic heterocycles. The molecular weight excluding hydrogens is 422 g/mol. The van der Waals surface area contributed by atoms with Crippen molar-refractivity contribution in [2.45, 2.75) is 12.8 Å². The zero-order valence-corrected chi connectivity index (χ0v) is 19.3. The lowest BCUT2D eigenvalue weighted by Crippen LogP contribution is -2.31. The Labute approximate surface area is 199 Å². The standard InChI is InChI=1S/C28H25N5O/c1-29-23-9-11-25-22(15-23)17-27(32-25)19-6-4-18(5-7-19)26-16-21-14-20(8-10-24(21)31-26)28(34)30-12-13-33(2)3/h4-11,14-15H,12-13,16-17H2,2-3H3,(H,30,34). The first-order chi connectivity index (χ1) is 16.5. The Morgan fingerprint density at radius 2 is 1.50 bits per heavy atom. The van der Waals surface area contributed by atoms with Crippen LogP contribution in [0.5, 0.6) is 0 Å². The highest BCUT2D eigenvalue weighted by molar-refractivity contribution is 6.09. The number of hydrogen-bond acceptors (Lipinski definition) is 4. The molecule has 2 heterocycles. The number of carbonyl (C=O) groups is 1. The molecule has 34 heavy (non-hydrogen) atoms. The number of rotatable bonds is 6. The predicted molar refractivity (Wildman–Crippen MR) is 136 cm³/mol. The summed E-state index contributed by atoms with van der Waals surface area (Å²) >= 11 is 0. The van der Waals surface area contributed by atoms with E-state index in [1.54, 1.807) is 0 Å². The SMILES string of the molecule is [C-]#[N+]c1ccc2c(c1)CC(c1ccc(C3=Nc4ccc(C(=O)NCCN(C)C)cc4C3)cc1)=N2. The Hall–Kier alpha value is -4.08. The number of amides is 1. The van der Waals surface area contributed by atoms with Gasteiger partial charge in [-0.25, -0.2) is 4.85 Å². The Balaban J connectivity index is 1.26. The monoisotopic (exact) mass is 447 g/mol. The van der Waals surface area contributed by atoms with Crippen molar-refractivity contribution in [3.8, 4) is 0 Å². The van der Waals surface area contributed by atoms with E-state index < -0.39 is 0 Å². The highest BCUT2D eigenvalue weighted by Gasteiger charge is 2.20. The lowest BCUT2D eigenvalue weighted by atomic mass is 9.99. The van der Waals surface area contributed by atoms with Gasteiger partial charge < -0.3 is 10.2 Å². The van der Waals surface area contributed by atoms with Crippen molar-refractivity contribution >= 4 is 34.4 Å². The van der Waals surface area contributed by atoms with Crippen LogP contribution in [0.4, 0.5) is 17.1 Å². The highest BCUT2D eigenvalue weighted by Crippen LogP contribution is 2.33. The second-order valence-electron chi connectivity index (χ2n) is 8.88. The number of benzene rings is 3. The van der Waals surface area contributed by atoms with Crippen LogP contribution in [0.15, 0.2) is 70.6 Å². The van der Waals surface area contributed by atoms with Crippen LogP contribution in [-0.2, 0) is 12.8 Å². The first-order valence-corrected chi connectivity index (χ1v) is 11.3. The first-order valence-electron chi connectivity index (χ1n) is 11.3. The van der Waals surface area contributed by atoms with Crippen LogP contribution in [0, 0.1) is 6.57 Å². The number of nitrogens with one attached hydrogen (secondary N) is 1. The maximum absolute atomic E-state index is 12.5. The normalized spacial score (nSPS) is 13.7. The first kappa shape index (κ1) is 21.7. The van der Waals surface area contributed by atoms with Gasteiger partial charge >= 0.3 is 0 Å². The summed E-state index contributed by atoms with van der Waals surface area (Å²) in [6, 6.07) is 19.7. The Morgan fingerprint density at radius 1 is 0.912 bits per heavy atom. The minimum Gasteiger partial charge on any atom is -0.351 e. The van der Waals surface area contributed by atoms with Gasteiger partial charge in [0.25, 0.3) is 5.91 Å². The third-order valence-corrected chi connectivity index (χ3v) is 6.16. The molecule has 0 fully saturated rings. The molecule has 0 bridgehead atoms. The smallest absolute Gasteiger partial charge is 0.251 e. The quantitative estimate of drug-likeness (QED) is 0.548. The van der Waals surface area contributed by atoms with Crippen LogP contribution >= 0.6 is 0 Å². The van der Waals surface area contributed by atoms with Gasteiger partial charge in [-0.2, -0.15) is 0 Å². The topological polar surface area (TPSA) is 61.4 Å². The molecule has 1 N–H and O–H groups in total. The summed E-state index contributed by atoms with van der Waals surface area (Å²) in [6.07, 6.45) is 1.45. The molecule has 6 heteroatoms. The van der Waals surface area contributed by atoms with Gasteiger partial charge in [-0.3, -0.25) is 14.8 Å². The molecule has 0 aliphatic carbocycles. The maximum atomic E-state index is 12.5. The summed E-state index contributed by atoms with van der Waals surface area (Å²) in [7, 11) is 3.97. The van der Waals surface area contributed by atoms with Crippen molar-refractivity contribution in [3.05, 3.63) is 99.9 Å². The van der Waals surface area contributed by atoms with Crippen LogP contribution in [0.1, 0.15) is 32.6 Å². The largest absolute Gasteiger partial charge is 0.351 e. The molecule has 1 amide bonds. The van der Waals surface area contributed by atoms with Crippen molar-refractivity contribution < 1.29 is 4.79 Å². The summed E-state index contributed by atoms with van der Waals surface area (Å²) in [4.78, 5) is 27.6. The Morgan fingerprint density at radius 3 is 2.09 bits per heavy atom. The van der Waals surface area contributed by atoms with Crippen molar-refractivity contribution in [1.82, 2.24) is 10.2 Å². The van der Waals surface area contributed by atoms with E-state index in [1.807, 2.05) is 55.4 Å². The minimum atomic E-state index is -0.0516. The van der Waals surface area contributed by atoms with Gasteiger partial charge in [0.15, 0.2) is 5.69 Å². The molecule has 0 radical (unpaired) electrons. The molecule has 2 aliphatic rings. The highest BCUT2D eigenvalue weighted by atomic mass is 16.1. The second kappa shape index (κ2) is 9.05. The van der Waals surface area contributed by atoms with E-state index in [4.69, 9.17) is 16.6 Å². The van der Waals surface area contributed by atoms with Crippen molar-refractivity contribution in [3.63, 3.8) is 0 Å². The second-order valence-corrected chi connectivity index (χ2v) is 8.88. The van der Waals surface area contributed by atoms with Gasteiger partial charge in [0, 0.05) is 31.5 Å². The summed E-state index contributed by atoms with van der Waals surface area (Å²) in [5.74, 6) is -0.0516. The number of carbonyl (C=O) groups excluding carboxylic acids is 1. The van der Waals surface area contributed by atoms with Crippen LogP contribution in [0.25, 0.3) is 4.85 Å². The summed E-state index contributed by atoms with van der Waals surface area (Å²) < 4.78 is 0. The van der Waals surface area contributed by atoms with E-state index >= 15 is 0 Å². The fraction of sp³-hybridized carbons (Fsp3) is 0.214. The third-order valence-electron chi connectivity index (χ3n) is 6.16. The van der Waals surface area contributed by atoms with Gasteiger partial charge in [-0.1, -0.05) is 36.4 Å². The van der Waals surface area contributed by atoms with Gasteiger partial charge in [0.1, 0.15) is 0 Å². The molecule has 0 atom stereocenters. The molecule has 0 saturated carbocycles. The molecule has 0 unspecified atom stereocenters. The van der Waals surface area contributed by atoms with E-state index in [9.17, 15) is 4.79 Å². The fourth-order valence-corrected chi connectivity index (χ4v) is 4.28. The predicted octanol–water partition coefficient (Wildman–Crippen LogP) is 4.88. The number of hydrogen-bond donors (Lipinski definition) is 1. The number of fused-ring (bicyclic) bond motifs is 2. The molecule has 0 spiro atoms. The maximum Gasteiger partial charge on any atom is 0.251 e. The van der Waals surface area contributed by atoms with Crippen LogP contribution in [0.3, 0.4) is 0 Å². The zero-order valence-electron chi connectivity index (χ0n) is 19.3. The molecule has 6 nitrogen and oxygen atoms in total. The minimum absolute atomic E-state index is 0.0516.